The monoisotopic (exact) mass is 111 g/mol. The van der Waals surface area contributed by atoms with Gasteiger partial charge >= 0.3 is 49.0 Å². The van der Waals surface area contributed by atoms with Crippen molar-refractivity contribution in [3.8, 4) is 0 Å². The quantitative estimate of drug-likeness (QED) is 0.544. The molecule has 3 heteroatoms. The molecule has 0 unspecified atom stereocenters. The fourth-order valence-corrected chi connectivity index (χ4v) is 0.495. The van der Waals surface area contributed by atoms with Gasteiger partial charge in [0.15, 0.2) is 0 Å². The first kappa shape index (κ1) is 7.53. The Morgan fingerprint density at radius 1 is 1.75 bits per heavy atom. The van der Waals surface area contributed by atoms with Crippen LogP contribution in [-0.4, -0.2) is 12.9 Å². The Morgan fingerprint density at radius 3 is 2.75 bits per heavy atom. The first-order chi connectivity index (χ1) is 3.81. The van der Waals surface area contributed by atoms with Crippen LogP contribution in [-0.2, 0) is 4.79 Å². The van der Waals surface area contributed by atoms with E-state index in [0.717, 1.165) is 13.5 Å². The first-order valence-corrected chi connectivity index (χ1v) is 2.82. The molecule has 0 bridgehead atoms. The van der Waals surface area contributed by atoms with E-state index in [1.54, 1.807) is 0 Å². The van der Waals surface area contributed by atoms with Gasteiger partial charge in [-0.15, -0.1) is 0 Å². The standard InChI is InChI=1S/C5H10BNO/c1-2-3-5(8)4-6-7/h7H,2-4H2,1H3. The normalized spacial score (nSPS) is 8.12. The zero-order chi connectivity index (χ0) is 6.41. The van der Waals surface area contributed by atoms with E-state index in [4.69, 9.17) is 5.31 Å². The maximum atomic E-state index is 10.5. The Kier molecular flexibility index (Phi) is 4.42. The van der Waals surface area contributed by atoms with E-state index in [9.17, 15) is 4.79 Å². The van der Waals surface area contributed by atoms with Gasteiger partial charge in [0.05, 0.1) is 0 Å². The van der Waals surface area contributed by atoms with Crippen molar-refractivity contribution in [2.24, 2.45) is 0 Å². The Bertz CT molecular complexity index is 92.4. The van der Waals surface area contributed by atoms with E-state index in [0.29, 0.717) is 12.7 Å². The fourth-order valence-electron chi connectivity index (χ4n) is 0.495. The second-order valence-corrected chi connectivity index (χ2v) is 1.70. The zero-order valence-corrected chi connectivity index (χ0v) is 5.11. The summed E-state index contributed by atoms with van der Waals surface area (Å²) in [6, 6.07) is 0. The molecule has 0 fully saturated rings. The molecule has 8 heavy (non-hydrogen) atoms. The second-order valence-electron chi connectivity index (χ2n) is 1.70. The van der Waals surface area contributed by atoms with Crippen molar-refractivity contribution in [3.63, 3.8) is 0 Å². The van der Waals surface area contributed by atoms with Gasteiger partial charge in [0.25, 0.3) is 0 Å². The minimum absolute atomic E-state index is 0.169. The van der Waals surface area contributed by atoms with E-state index < -0.39 is 0 Å². The van der Waals surface area contributed by atoms with E-state index in [2.05, 4.69) is 0 Å². The molecule has 44 valence electrons. The van der Waals surface area contributed by atoms with Crippen LogP contribution in [0.1, 0.15) is 19.8 Å². The van der Waals surface area contributed by atoms with Crippen LogP contribution in [0.4, 0.5) is 0 Å². The molecule has 0 heterocycles. The third-order valence-electron chi connectivity index (χ3n) is 0.859. The molecule has 0 aliphatic heterocycles. The molecule has 0 saturated heterocycles. The average molecular weight is 111 g/mol. The van der Waals surface area contributed by atoms with E-state index >= 15 is 0 Å². The molecular formula is C5H10BNO. The summed E-state index contributed by atoms with van der Waals surface area (Å²) in [6.07, 6.45) is 1.83. The van der Waals surface area contributed by atoms with Crippen molar-refractivity contribution in [2.75, 3.05) is 0 Å². The van der Waals surface area contributed by atoms with Crippen molar-refractivity contribution in [1.29, 1.82) is 5.31 Å². The molecule has 0 rings (SSSR count). The fraction of sp³-hybridized carbons (Fsp3) is 0.800. The summed E-state index contributed by atoms with van der Waals surface area (Å²) < 4.78 is 0. The molecule has 0 aromatic carbocycles. The predicted molar refractivity (Wildman–Crippen MR) is 33.2 cm³/mol. The van der Waals surface area contributed by atoms with Crippen LogP contribution < -0.4 is 0 Å². The number of rotatable bonds is 4. The number of nitrogens with one attached hydrogen (secondary N) is 1. The topological polar surface area (TPSA) is 40.9 Å². The first-order valence-electron chi connectivity index (χ1n) is 2.82. The van der Waals surface area contributed by atoms with Gasteiger partial charge < -0.3 is 0 Å². The van der Waals surface area contributed by atoms with Crippen LogP contribution in [0.3, 0.4) is 0 Å². The van der Waals surface area contributed by atoms with E-state index in [1.165, 1.54) is 0 Å². The molecule has 0 spiro atoms. The molecule has 2 nitrogen and oxygen atoms in total. The van der Waals surface area contributed by atoms with E-state index in [-0.39, 0.29) is 5.78 Å². The Labute approximate surface area is 50.0 Å². The van der Waals surface area contributed by atoms with Crippen molar-refractivity contribution in [1.82, 2.24) is 0 Å². The predicted octanol–water partition coefficient (Wildman–Crippen LogP) is 1.24. The van der Waals surface area contributed by atoms with Crippen LogP contribution in [0.25, 0.3) is 0 Å². The Morgan fingerprint density at radius 2 is 2.38 bits per heavy atom. The van der Waals surface area contributed by atoms with Crippen molar-refractivity contribution >= 4 is 12.9 Å². The number of hydrogen-bond donors (Lipinski definition) is 1. The van der Waals surface area contributed by atoms with Gasteiger partial charge in [-0.25, -0.2) is 0 Å². The van der Waals surface area contributed by atoms with Gasteiger partial charge in [0, 0.05) is 0 Å². The Balaban J connectivity index is 3.18. The van der Waals surface area contributed by atoms with Crippen LogP contribution >= 0.6 is 0 Å². The molecule has 0 radical (unpaired) electrons. The number of carbonyl (C=O) groups excluding carboxylic acids is 1. The molecule has 0 saturated carbocycles. The molecule has 0 aliphatic carbocycles. The summed E-state index contributed by atoms with van der Waals surface area (Å²) in [5.41, 5.74) is 0. The molecule has 0 aromatic rings. The summed E-state index contributed by atoms with van der Waals surface area (Å²) in [5.74, 6) is 0.169. The number of carbonyl (C=O) groups is 1. The summed E-state index contributed by atoms with van der Waals surface area (Å²) in [4.78, 5) is 10.5. The van der Waals surface area contributed by atoms with Gasteiger partial charge in [-0.05, 0) is 0 Å². The van der Waals surface area contributed by atoms with Crippen LogP contribution in [0, 0.1) is 5.31 Å². The molecule has 0 aliphatic rings. The van der Waals surface area contributed by atoms with Crippen LogP contribution in [0.15, 0.2) is 0 Å². The number of ketones is 1. The van der Waals surface area contributed by atoms with Gasteiger partial charge in [-0.1, -0.05) is 0 Å². The van der Waals surface area contributed by atoms with Gasteiger partial charge in [0.2, 0.25) is 0 Å². The number of Topliss-reactive ketones (excluding diaryl/α,β-unsaturated/α-hetero) is 1. The maximum absolute atomic E-state index is 10.5. The summed E-state index contributed by atoms with van der Waals surface area (Å²) >= 11 is 0. The summed E-state index contributed by atoms with van der Waals surface area (Å²) in [7, 11) is 1.15. The molecule has 1 N–H and O–H groups in total. The average Bonchev–Trinajstić information content (AvgIpc) is 1.68. The third-order valence-corrected chi connectivity index (χ3v) is 0.859. The number of hydrogen-bond acceptors (Lipinski definition) is 2. The van der Waals surface area contributed by atoms with Gasteiger partial charge in [0.1, 0.15) is 0 Å². The zero-order valence-electron chi connectivity index (χ0n) is 5.11. The van der Waals surface area contributed by atoms with Crippen LogP contribution in [0.2, 0.25) is 6.32 Å². The molecule has 0 atom stereocenters. The van der Waals surface area contributed by atoms with Gasteiger partial charge in [-0.3, -0.25) is 0 Å². The van der Waals surface area contributed by atoms with Crippen molar-refractivity contribution in [3.05, 3.63) is 0 Å². The third kappa shape index (κ3) is 3.72. The van der Waals surface area contributed by atoms with Crippen molar-refractivity contribution < 1.29 is 4.79 Å². The van der Waals surface area contributed by atoms with Gasteiger partial charge in [-0.2, -0.15) is 0 Å². The summed E-state index contributed by atoms with van der Waals surface area (Å²) in [6.45, 7) is 1.96. The van der Waals surface area contributed by atoms with E-state index in [1.807, 2.05) is 6.92 Å². The second kappa shape index (κ2) is 4.69. The summed E-state index contributed by atoms with van der Waals surface area (Å²) in [5, 5.41) is 6.57. The van der Waals surface area contributed by atoms with Crippen LogP contribution in [0.5, 0.6) is 0 Å². The van der Waals surface area contributed by atoms with Crippen molar-refractivity contribution in [2.45, 2.75) is 26.1 Å². The molecular weight excluding hydrogens is 101 g/mol. The SMILES string of the molecule is CCCC(=O)CB=N. The molecule has 0 aromatic heterocycles. The molecule has 0 amide bonds. The minimum atomic E-state index is 0.169. The Hall–Kier alpha value is -0.465.